The number of hydrazine groups is 1. The van der Waals surface area contributed by atoms with Crippen LogP contribution in [0.5, 0.6) is 5.75 Å². The minimum atomic E-state index is -0.298. The maximum Gasteiger partial charge on any atom is 0.291 e. The number of pyridine rings is 1. The van der Waals surface area contributed by atoms with Crippen LogP contribution in [0, 0.1) is 0 Å². The summed E-state index contributed by atoms with van der Waals surface area (Å²) in [4.78, 5) is 30.3. The Morgan fingerprint density at radius 3 is 2.75 bits per heavy atom. The first kappa shape index (κ1) is 18.0. The van der Waals surface area contributed by atoms with Gasteiger partial charge in [-0.2, -0.15) is 0 Å². The van der Waals surface area contributed by atoms with Gasteiger partial charge in [-0.05, 0) is 30.7 Å². The molecule has 4 rings (SSSR count). The molecule has 0 bridgehead atoms. The molecule has 1 aromatic carbocycles. The van der Waals surface area contributed by atoms with Crippen molar-refractivity contribution in [1.29, 1.82) is 0 Å². The third-order valence-corrected chi connectivity index (χ3v) is 4.84. The Morgan fingerprint density at radius 2 is 1.96 bits per heavy atom. The molecule has 2 aromatic heterocycles. The number of carbonyl (C=O) groups excluding carboxylic acids is 2. The molecule has 0 radical (unpaired) electrons. The molecular weight excluding hydrogens is 358 g/mol. The number of nitrogens with zero attached hydrogens (tertiary/aromatic N) is 3. The van der Waals surface area contributed by atoms with Crippen LogP contribution in [0.15, 0.2) is 53.1 Å². The molecule has 144 valence electrons. The van der Waals surface area contributed by atoms with Crippen molar-refractivity contribution in [2.45, 2.75) is 19.3 Å². The van der Waals surface area contributed by atoms with E-state index in [-0.39, 0.29) is 23.9 Å². The summed E-state index contributed by atoms with van der Waals surface area (Å²) in [7, 11) is 1.57. The Morgan fingerprint density at radius 1 is 1.14 bits per heavy atom. The van der Waals surface area contributed by atoms with E-state index in [4.69, 9.17) is 9.15 Å². The van der Waals surface area contributed by atoms with Gasteiger partial charge in [-0.25, -0.2) is 9.99 Å². The predicted octanol–water partition coefficient (Wildman–Crippen LogP) is 3.06. The number of rotatable bonds is 5. The molecule has 7 heteroatoms. The Kier molecular flexibility index (Phi) is 4.97. The number of amides is 2. The van der Waals surface area contributed by atoms with Gasteiger partial charge in [-0.3, -0.25) is 14.6 Å². The highest BCUT2D eigenvalue weighted by Gasteiger charge is 2.32. The lowest BCUT2D eigenvalue weighted by molar-refractivity contribution is -0.140. The number of methoxy groups -OCH3 is 1. The summed E-state index contributed by atoms with van der Waals surface area (Å²) in [6, 6.07) is 12.8. The van der Waals surface area contributed by atoms with Gasteiger partial charge >= 0.3 is 0 Å². The van der Waals surface area contributed by atoms with Crippen LogP contribution >= 0.6 is 0 Å². The molecule has 0 aliphatic carbocycles. The highest BCUT2D eigenvalue weighted by atomic mass is 16.5. The average molecular weight is 379 g/mol. The molecule has 1 aliphatic rings. The standard InChI is InChI=1S/C21H21N3O4/c1-27-19-14-18(22-17-8-3-2-7-16(17)19)21(26)24-12-5-11-23(24)20(25)10-9-15-6-4-13-28-15/h2-4,6-8,13-14H,5,9-12H2,1H3. The number of hydrogen-bond acceptors (Lipinski definition) is 5. The SMILES string of the molecule is COc1cc(C(=O)N2CCCN2C(=O)CCc2ccco2)nc2ccccc12. The van der Waals surface area contributed by atoms with E-state index in [1.54, 1.807) is 25.5 Å². The van der Waals surface area contributed by atoms with Gasteiger partial charge in [0.25, 0.3) is 5.91 Å². The lowest BCUT2D eigenvalue weighted by Crippen LogP contribution is -2.45. The van der Waals surface area contributed by atoms with E-state index in [9.17, 15) is 9.59 Å². The molecule has 7 nitrogen and oxygen atoms in total. The normalized spacial score (nSPS) is 13.9. The van der Waals surface area contributed by atoms with Crippen LogP contribution in [-0.4, -0.2) is 47.0 Å². The molecule has 0 unspecified atom stereocenters. The van der Waals surface area contributed by atoms with E-state index in [0.717, 1.165) is 17.6 Å². The summed E-state index contributed by atoms with van der Waals surface area (Å²) in [6.07, 6.45) is 3.12. The summed E-state index contributed by atoms with van der Waals surface area (Å²) < 4.78 is 10.7. The molecule has 0 atom stereocenters. The number of benzene rings is 1. The van der Waals surface area contributed by atoms with Crippen LogP contribution in [0.2, 0.25) is 0 Å². The van der Waals surface area contributed by atoms with Crippen LogP contribution in [0.25, 0.3) is 10.9 Å². The second kappa shape index (κ2) is 7.72. The van der Waals surface area contributed by atoms with Crippen molar-refractivity contribution in [3.63, 3.8) is 0 Å². The van der Waals surface area contributed by atoms with Crippen molar-refractivity contribution in [2.24, 2.45) is 0 Å². The van der Waals surface area contributed by atoms with Gasteiger partial charge in [0, 0.05) is 37.4 Å². The zero-order valence-electron chi connectivity index (χ0n) is 15.6. The first-order valence-electron chi connectivity index (χ1n) is 9.25. The molecular formula is C21H21N3O4. The van der Waals surface area contributed by atoms with Crippen LogP contribution in [0.3, 0.4) is 0 Å². The van der Waals surface area contributed by atoms with Crippen LogP contribution < -0.4 is 4.74 Å². The van der Waals surface area contributed by atoms with Gasteiger partial charge in [0.1, 0.15) is 17.2 Å². The highest BCUT2D eigenvalue weighted by molar-refractivity contribution is 5.98. The lowest BCUT2D eigenvalue weighted by Gasteiger charge is -2.27. The fraction of sp³-hybridized carbons (Fsp3) is 0.286. The second-order valence-electron chi connectivity index (χ2n) is 6.60. The number of aromatic nitrogens is 1. The molecule has 3 heterocycles. The summed E-state index contributed by atoms with van der Waals surface area (Å²) in [5.74, 6) is 0.943. The predicted molar refractivity (Wildman–Crippen MR) is 103 cm³/mol. The van der Waals surface area contributed by atoms with Crippen molar-refractivity contribution in [1.82, 2.24) is 15.0 Å². The van der Waals surface area contributed by atoms with Gasteiger partial charge in [0.15, 0.2) is 0 Å². The number of fused-ring (bicyclic) bond motifs is 1. The first-order chi connectivity index (χ1) is 13.7. The van der Waals surface area contributed by atoms with Gasteiger partial charge in [-0.1, -0.05) is 12.1 Å². The first-order valence-corrected chi connectivity index (χ1v) is 9.25. The number of para-hydroxylation sites is 1. The Balaban J connectivity index is 1.54. The molecule has 0 spiro atoms. The topological polar surface area (TPSA) is 75.9 Å². The van der Waals surface area contributed by atoms with Crippen molar-refractivity contribution in [3.05, 3.63) is 60.2 Å². The largest absolute Gasteiger partial charge is 0.496 e. The van der Waals surface area contributed by atoms with E-state index in [1.807, 2.05) is 30.3 Å². The number of ether oxygens (including phenoxy) is 1. The smallest absolute Gasteiger partial charge is 0.291 e. The molecule has 0 saturated carbocycles. The third kappa shape index (κ3) is 3.43. The van der Waals surface area contributed by atoms with Gasteiger partial charge in [-0.15, -0.1) is 0 Å². The van der Waals surface area contributed by atoms with Crippen molar-refractivity contribution < 1.29 is 18.7 Å². The maximum atomic E-state index is 13.1. The second-order valence-corrected chi connectivity index (χ2v) is 6.60. The van der Waals surface area contributed by atoms with E-state index in [1.165, 1.54) is 10.0 Å². The van der Waals surface area contributed by atoms with E-state index < -0.39 is 0 Å². The molecule has 3 aromatic rings. The van der Waals surface area contributed by atoms with E-state index in [2.05, 4.69) is 4.98 Å². The van der Waals surface area contributed by atoms with Crippen LogP contribution in [0.1, 0.15) is 29.1 Å². The van der Waals surface area contributed by atoms with Gasteiger partial charge < -0.3 is 9.15 Å². The minimum Gasteiger partial charge on any atom is -0.496 e. The van der Waals surface area contributed by atoms with E-state index in [0.29, 0.717) is 30.8 Å². The molecule has 1 fully saturated rings. The molecule has 1 saturated heterocycles. The number of furan rings is 1. The molecule has 28 heavy (non-hydrogen) atoms. The number of hydrogen-bond donors (Lipinski definition) is 0. The fourth-order valence-electron chi connectivity index (χ4n) is 3.45. The van der Waals surface area contributed by atoms with Crippen molar-refractivity contribution >= 4 is 22.7 Å². The molecule has 1 aliphatic heterocycles. The van der Waals surface area contributed by atoms with Gasteiger partial charge in [0.05, 0.1) is 18.9 Å². The summed E-state index contributed by atoms with van der Waals surface area (Å²) >= 11 is 0. The van der Waals surface area contributed by atoms with Crippen LogP contribution in [-0.2, 0) is 11.2 Å². The Labute approximate surface area is 162 Å². The minimum absolute atomic E-state index is 0.102. The zero-order chi connectivity index (χ0) is 19.5. The van der Waals surface area contributed by atoms with Crippen LogP contribution in [0.4, 0.5) is 0 Å². The fourth-order valence-corrected chi connectivity index (χ4v) is 3.45. The average Bonchev–Trinajstić information content (AvgIpc) is 3.42. The lowest BCUT2D eigenvalue weighted by atomic mass is 10.1. The van der Waals surface area contributed by atoms with Crippen molar-refractivity contribution in [2.75, 3.05) is 20.2 Å². The summed E-state index contributed by atoms with van der Waals surface area (Å²) in [5.41, 5.74) is 0.946. The van der Waals surface area contributed by atoms with E-state index >= 15 is 0 Å². The Bertz CT molecular complexity index is 1000. The highest BCUT2D eigenvalue weighted by Crippen LogP contribution is 2.26. The quantitative estimate of drug-likeness (QED) is 0.681. The molecule has 2 amide bonds. The molecule has 0 N–H and O–H groups in total. The maximum absolute atomic E-state index is 13.1. The van der Waals surface area contributed by atoms with Crippen molar-refractivity contribution in [3.8, 4) is 5.75 Å². The number of aryl methyl sites for hydroxylation is 1. The zero-order valence-corrected chi connectivity index (χ0v) is 15.6. The monoisotopic (exact) mass is 379 g/mol. The Hall–Kier alpha value is -3.35. The summed E-state index contributed by atoms with van der Waals surface area (Å²) in [6.45, 7) is 1.01. The summed E-state index contributed by atoms with van der Waals surface area (Å²) in [5, 5.41) is 3.85. The third-order valence-electron chi connectivity index (χ3n) is 4.84. The number of carbonyl (C=O) groups is 2. The van der Waals surface area contributed by atoms with Gasteiger partial charge in [0.2, 0.25) is 5.91 Å².